The molecular weight excluding hydrogens is 235 g/mol. The fourth-order valence-corrected chi connectivity index (χ4v) is 1.33. The number of aryl methyl sites for hydroxylation is 1. The molecule has 1 aromatic heterocycles. The van der Waals surface area contributed by atoms with Crippen molar-refractivity contribution in [3.05, 3.63) is 47.4 Å². The topological polar surface area (TPSA) is 80.9 Å². The molecule has 1 heterocycles. The number of hydrogen-bond donors (Lipinski definition) is 2. The Kier molecular flexibility index (Phi) is 3.18. The summed E-state index contributed by atoms with van der Waals surface area (Å²) < 4.78 is 13.3. The second kappa shape index (κ2) is 4.79. The average molecular weight is 246 g/mol. The molecule has 0 unspecified atom stereocenters. The molecule has 0 atom stereocenters. The van der Waals surface area contributed by atoms with Gasteiger partial charge in [0, 0.05) is 5.69 Å². The number of nitrogen functional groups attached to an aromatic ring is 1. The van der Waals surface area contributed by atoms with Gasteiger partial charge in [-0.1, -0.05) is 6.07 Å². The third-order valence-electron chi connectivity index (χ3n) is 2.35. The molecule has 0 fully saturated rings. The second-order valence-corrected chi connectivity index (χ2v) is 3.76. The normalized spacial score (nSPS) is 10.1. The monoisotopic (exact) mass is 246 g/mol. The van der Waals surface area contributed by atoms with Crippen LogP contribution in [0.3, 0.4) is 0 Å². The van der Waals surface area contributed by atoms with E-state index in [1.807, 2.05) is 0 Å². The van der Waals surface area contributed by atoms with Crippen molar-refractivity contribution in [2.24, 2.45) is 0 Å². The molecule has 0 saturated heterocycles. The summed E-state index contributed by atoms with van der Waals surface area (Å²) in [4.78, 5) is 11.7. The SMILES string of the molecule is Cc1ccc(NC(=O)c2ccc(N)nn2)cc1F. The fraction of sp³-hybridized carbons (Fsp3) is 0.0833. The zero-order valence-electron chi connectivity index (χ0n) is 9.64. The number of nitrogens with two attached hydrogens (primary N) is 1. The average Bonchev–Trinajstić information content (AvgIpc) is 2.34. The van der Waals surface area contributed by atoms with Crippen molar-refractivity contribution >= 4 is 17.4 Å². The van der Waals surface area contributed by atoms with Crippen LogP contribution < -0.4 is 11.1 Å². The Balaban J connectivity index is 2.16. The molecule has 0 aliphatic rings. The van der Waals surface area contributed by atoms with Crippen molar-refractivity contribution in [3.63, 3.8) is 0 Å². The Morgan fingerprint density at radius 3 is 2.67 bits per heavy atom. The van der Waals surface area contributed by atoms with E-state index in [9.17, 15) is 9.18 Å². The number of anilines is 2. The molecule has 0 bridgehead atoms. The lowest BCUT2D eigenvalue weighted by Gasteiger charge is -2.05. The maximum absolute atomic E-state index is 13.3. The van der Waals surface area contributed by atoms with Crippen LogP contribution in [0.15, 0.2) is 30.3 Å². The van der Waals surface area contributed by atoms with E-state index in [1.54, 1.807) is 19.1 Å². The Morgan fingerprint density at radius 2 is 2.06 bits per heavy atom. The van der Waals surface area contributed by atoms with Gasteiger partial charge in [0.05, 0.1) is 0 Å². The quantitative estimate of drug-likeness (QED) is 0.846. The standard InChI is InChI=1S/C12H11FN4O/c1-7-2-3-8(6-9(7)13)15-12(18)10-4-5-11(14)17-16-10/h2-6H,1H3,(H2,14,17)(H,15,18). The molecular formula is C12H11FN4O. The summed E-state index contributed by atoms with van der Waals surface area (Å²) in [5, 5.41) is 9.72. The number of rotatable bonds is 2. The molecule has 92 valence electrons. The lowest BCUT2D eigenvalue weighted by Crippen LogP contribution is -2.14. The van der Waals surface area contributed by atoms with Crippen LogP contribution >= 0.6 is 0 Å². The Hall–Kier alpha value is -2.50. The van der Waals surface area contributed by atoms with E-state index in [0.29, 0.717) is 11.3 Å². The van der Waals surface area contributed by atoms with E-state index in [4.69, 9.17) is 5.73 Å². The van der Waals surface area contributed by atoms with Crippen molar-refractivity contribution in [2.45, 2.75) is 6.92 Å². The fourth-order valence-electron chi connectivity index (χ4n) is 1.33. The molecule has 5 nitrogen and oxygen atoms in total. The zero-order valence-corrected chi connectivity index (χ0v) is 9.64. The summed E-state index contributed by atoms with van der Waals surface area (Å²) in [6.45, 7) is 1.65. The van der Waals surface area contributed by atoms with Crippen molar-refractivity contribution in [3.8, 4) is 0 Å². The number of nitrogens with zero attached hydrogens (tertiary/aromatic N) is 2. The molecule has 1 amide bonds. The third-order valence-corrected chi connectivity index (χ3v) is 2.35. The molecule has 0 radical (unpaired) electrons. The first kappa shape index (κ1) is 12.0. The Morgan fingerprint density at radius 1 is 1.28 bits per heavy atom. The van der Waals surface area contributed by atoms with E-state index in [-0.39, 0.29) is 17.3 Å². The number of halogens is 1. The van der Waals surface area contributed by atoms with Crippen LogP contribution in [0.1, 0.15) is 16.1 Å². The van der Waals surface area contributed by atoms with Gasteiger partial charge < -0.3 is 11.1 Å². The molecule has 2 aromatic rings. The van der Waals surface area contributed by atoms with Crippen LogP contribution in [0.5, 0.6) is 0 Å². The second-order valence-electron chi connectivity index (χ2n) is 3.76. The minimum atomic E-state index is -0.467. The van der Waals surface area contributed by atoms with Gasteiger partial charge in [-0.05, 0) is 36.8 Å². The predicted octanol–water partition coefficient (Wildman–Crippen LogP) is 1.76. The van der Waals surface area contributed by atoms with Gasteiger partial charge in [-0.2, -0.15) is 0 Å². The smallest absolute Gasteiger partial charge is 0.276 e. The highest BCUT2D eigenvalue weighted by atomic mass is 19.1. The predicted molar refractivity (Wildman–Crippen MR) is 65.5 cm³/mol. The summed E-state index contributed by atoms with van der Waals surface area (Å²) in [5.74, 6) is -0.616. The highest BCUT2D eigenvalue weighted by Crippen LogP contribution is 2.14. The highest BCUT2D eigenvalue weighted by Gasteiger charge is 2.09. The molecule has 18 heavy (non-hydrogen) atoms. The summed E-state index contributed by atoms with van der Waals surface area (Å²) in [7, 11) is 0. The number of aromatic nitrogens is 2. The molecule has 2 rings (SSSR count). The largest absolute Gasteiger partial charge is 0.382 e. The molecule has 1 aromatic carbocycles. The van der Waals surface area contributed by atoms with Gasteiger partial charge in [0.25, 0.3) is 5.91 Å². The van der Waals surface area contributed by atoms with E-state index in [0.717, 1.165) is 0 Å². The van der Waals surface area contributed by atoms with Crippen LogP contribution in [-0.4, -0.2) is 16.1 Å². The Labute approximate surface area is 103 Å². The van der Waals surface area contributed by atoms with Gasteiger partial charge >= 0.3 is 0 Å². The van der Waals surface area contributed by atoms with Crippen LogP contribution in [0, 0.1) is 12.7 Å². The van der Waals surface area contributed by atoms with Crippen molar-refractivity contribution < 1.29 is 9.18 Å². The molecule has 0 aliphatic carbocycles. The Bertz CT molecular complexity index is 583. The lowest BCUT2D eigenvalue weighted by atomic mass is 10.2. The van der Waals surface area contributed by atoms with E-state index < -0.39 is 5.91 Å². The van der Waals surface area contributed by atoms with Crippen LogP contribution in [0.4, 0.5) is 15.9 Å². The summed E-state index contributed by atoms with van der Waals surface area (Å²) in [5.41, 5.74) is 6.35. The molecule has 0 saturated carbocycles. The van der Waals surface area contributed by atoms with Crippen molar-refractivity contribution in [1.82, 2.24) is 10.2 Å². The lowest BCUT2D eigenvalue weighted by molar-refractivity contribution is 0.102. The van der Waals surface area contributed by atoms with Crippen molar-refractivity contribution in [1.29, 1.82) is 0 Å². The summed E-state index contributed by atoms with van der Waals surface area (Å²) in [6, 6.07) is 7.36. The van der Waals surface area contributed by atoms with E-state index >= 15 is 0 Å². The summed E-state index contributed by atoms with van der Waals surface area (Å²) in [6.07, 6.45) is 0. The van der Waals surface area contributed by atoms with E-state index in [1.165, 1.54) is 18.2 Å². The highest BCUT2D eigenvalue weighted by molar-refractivity contribution is 6.02. The molecule has 0 spiro atoms. The van der Waals surface area contributed by atoms with Crippen LogP contribution in [-0.2, 0) is 0 Å². The van der Waals surface area contributed by atoms with Gasteiger partial charge in [0.1, 0.15) is 11.6 Å². The number of nitrogens with one attached hydrogen (secondary N) is 1. The van der Waals surface area contributed by atoms with Gasteiger partial charge in [-0.15, -0.1) is 10.2 Å². The van der Waals surface area contributed by atoms with Gasteiger partial charge in [-0.25, -0.2) is 4.39 Å². The van der Waals surface area contributed by atoms with Gasteiger partial charge in [-0.3, -0.25) is 4.79 Å². The third kappa shape index (κ3) is 2.60. The van der Waals surface area contributed by atoms with E-state index in [2.05, 4.69) is 15.5 Å². The molecule has 0 aliphatic heterocycles. The number of benzene rings is 1. The first-order chi connectivity index (χ1) is 8.56. The maximum atomic E-state index is 13.3. The van der Waals surface area contributed by atoms with Crippen LogP contribution in [0.2, 0.25) is 0 Å². The van der Waals surface area contributed by atoms with Crippen LogP contribution in [0.25, 0.3) is 0 Å². The number of hydrogen-bond acceptors (Lipinski definition) is 4. The molecule has 3 N–H and O–H groups in total. The minimum absolute atomic E-state index is 0.116. The number of carbonyl (C=O) groups excluding carboxylic acids is 1. The van der Waals surface area contributed by atoms with Gasteiger partial charge in [0.15, 0.2) is 5.69 Å². The maximum Gasteiger partial charge on any atom is 0.276 e. The number of carbonyl (C=O) groups is 1. The summed E-state index contributed by atoms with van der Waals surface area (Å²) >= 11 is 0. The first-order valence-corrected chi connectivity index (χ1v) is 5.23. The van der Waals surface area contributed by atoms with Gasteiger partial charge in [0.2, 0.25) is 0 Å². The molecule has 6 heteroatoms. The first-order valence-electron chi connectivity index (χ1n) is 5.23. The van der Waals surface area contributed by atoms with Crippen molar-refractivity contribution in [2.75, 3.05) is 11.1 Å². The zero-order chi connectivity index (χ0) is 13.1. The minimum Gasteiger partial charge on any atom is -0.382 e. The number of amides is 1.